The van der Waals surface area contributed by atoms with Gasteiger partial charge < -0.3 is 5.32 Å². The van der Waals surface area contributed by atoms with E-state index in [0.717, 1.165) is 5.56 Å². The smallest absolute Gasteiger partial charge is 0.262 e. The summed E-state index contributed by atoms with van der Waals surface area (Å²) in [6, 6.07) is 7.92. The highest BCUT2D eigenvalue weighted by atomic mass is 32.2. The number of aryl methyl sites for hydroxylation is 2. The SMILES string of the molecule is Cc1ccc(C(C)NC(=O)CSc2nc3sccc3c(=O)n2C)cc1C. The molecule has 0 bridgehead atoms. The molecule has 0 saturated carbocycles. The second-order valence-corrected chi connectivity index (χ2v) is 8.16. The first-order chi connectivity index (χ1) is 12.4. The molecule has 26 heavy (non-hydrogen) atoms. The Morgan fingerprint density at radius 1 is 1.31 bits per heavy atom. The molecule has 0 aliphatic carbocycles. The van der Waals surface area contributed by atoms with Crippen molar-refractivity contribution in [3.63, 3.8) is 0 Å². The number of thioether (sulfide) groups is 1. The van der Waals surface area contributed by atoms with Crippen LogP contribution in [0, 0.1) is 13.8 Å². The molecule has 0 radical (unpaired) electrons. The molecule has 1 N–H and O–H groups in total. The van der Waals surface area contributed by atoms with Gasteiger partial charge in [-0.05, 0) is 48.9 Å². The standard InChI is InChI=1S/C19H21N3O2S2/c1-11-5-6-14(9-12(11)2)13(3)20-16(23)10-26-19-21-17-15(7-8-25-17)18(24)22(19)4/h5-9,13H,10H2,1-4H3,(H,20,23). The summed E-state index contributed by atoms with van der Waals surface area (Å²) in [4.78, 5) is 29.8. The summed E-state index contributed by atoms with van der Waals surface area (Å²) in [7, 11) is 1.68. The molecule has 5 nitrogen and oxygen atoms in total. The van der Waals surface area contributed by atoms with E-state index >= 15 is 0 Å². The third-order valence-electron chi connectivity index (χ3n) is 4.40. The minimum atomic E-state index is -0.0822. The van der Waals surface area contributed by atoms with Gasteiger partial charge in [0.1, 0.15) is 4.83 Å². The van der Waals surface area contributed by atoms with E-state index in [0.29, 0.717) is 15.4 Å². The lowest BCUT2D eigenvalue weighted by molar-refractivity contribution is -0.119. The number of carbonyl (C=O) groups is 1. The largest absolute Gasteiger partial charge is 0.349 e. The predicted molar refractivity (Wildman–Crippen MR) is 108 cm³/mol. The molecule has 3 rings (SSSR count). The minimum absolute atomic E-state index is 0.0704. The zero-order valence-electron chi connectivity index (χ0n) is 15.2. The van der Waals surface area contributed by atoms with E-state index < -0.39 is 0 Å². The fraction of sp³-hybridized carbons (Fsp3) is 0.316. The van der Waals surface area contributed by atoms with Crippen molar-refractivity contribution >= 4 is 39.2 Å². The van der Waals surface area contributed by atoms with Crippen molar-refractivity contribution in [3.8, 4) is 0 Å². The molecule has 2 heterocycles. The lowest BCUT2D eigenvalue weighted by Crippen LogP contribution is -2.28. The summed E-state index contributed by atoms with van der Waals surface area (Å²) in [5, 5.41) is 6.03. The molecule has 1 unspecified atom stereocenters. The zero-order chi connectivity index (χ0) is 18.8. The maximum Gasteiger partial charge on any atom is 0.262 e. The van der Waals surface area contributed by atoms with Crippen molar-refractivity contribution in [1.29, 1.82) is 0 Å². The second kappa shape index (κ2) is 7.63. The van der Waals surface area contributed by atoms with Crippen LogP contribution in [0.3, 0.4) is 0 Å². The number of amides is 1. The Hall–Kier alpha value is -2.12. The Labute approximate surface area is 160 Å². The van der Waals surface area contributed by atoms with Gasteiger partial charge >= 0.3 is 0 Å². The topological polar surface area (TPSA) is 64.0 Å². The summed E-state index contributed by atoms with van der Waals surface area (Å²) in [6.07, 6.45) is 0. The van der Waals surface area contributed by atoms with Gasteiger partial charge in [-0.2, -0.15) is 0 Å². The molecular weight excluding hydrogens is 366 g/mol. The van der Waals surface area contributed by atoms with Crippen LogP contribution in [0.5, 0.6) is 0 Å². The number of aromatic nitrogens is 2. The van der Waals surface area contributed by atoms with Gasteiger partial charge in [-0.3, -0.25) is 14.2 Å². The van der Waals surface area contributed by atoms with Crippen molar-refractivity contribution in [2.24, 2.45) is 7.05 Å². The molecule has 0 aliphatic rings. The van der Waals surface area contributed by atoms with Crippen LogP contribution in [0.1, 0.15) is 29.7 Å². The number of nitrogens with one attached hydrogen (secondary N) is 1. The van der Waals surface area contributed by atoms with Crippen molar-refractivity contribution in [2.75, 3.05) is 5.75 Å². The monoisotopic (exact) mass is 387 g/mol. The Morgan fingerprint density at radius 2 is 2.08 bits per heavy atom. The summed E-state index contributed by atoms with van der Waals surface area (Å²) in [5.74, 6) is 0.132. The molecule has 3 aromatic rings. The third-order valence-corrected chi connectivity index (χ3v) is 6.24. The number of hydrogen-bond donors (Lipinski definition) is 1. The fourth-order valence-corrected chi connectivity index (χ4v) is 4.23. The van der Waals surface area contributed by atoms with E-state index in [1.165, 1.54) is 38.8 Å². The van der Waals surface area contributed by atoms with Crippen molar-refractivity contribution in [1.82, 2.24) is 14.9 Å². The predicted octanol–water partition coefficient (Wildman–Crippen LogP) is 3.58. The molecule has 1 aromatic carbocycles. The van der Waals surface area contributed by atoms with Crippen molar-refractivity contribution < 1.29 is 4.79 Å². The van der Waals surface area contributed by atoms with Gasteiger partial charge in [-0.25, -0.2) is 4.98 Å². The minimum Gasteiger partial charge on any atom is -0.349 e. The molecule has 136 valence electrons. The van der Waals surface area contributed by atoms with Crippen molar-refractivity contribution in [3.05, 3.63) is 56.7 Å². The number of nitrogens with zero attached hydrogens (tertiary/aromatic N) is 2. The quantitative estimate of drug-likeness (QED) is 0.537. The van der Waals surface area contributed by atoms with E-state index in [4.69, 9.17) is 0 Å². The van der Waals surface area contributed by atoms with Crippen LogP contribution in [0.25, 0.3) is 10.2 Å². The van der Waals surface area contributed by atoms with Gasteiger partial charge in [0.15, 0.2) is 5.16 Å². The summed E-state index contributed by atoms with van der Waals surface area (Å²) in [6.45, 7) is 6.11. The Morgan fingerprint density at radius 3 is 2.81 bits per heavy atom. The van der Waals surface area contributed by atoms with Crippen molar-refractivity contribution in [2.45, 2.75) is 32.0 Å². The zero-order valence-corrected chi connectivity index (χ0v) is 16.8. The van der Waals surface area contributed by atoms with Crippen LogP contribution in [0.2, 0.25) is 0 Å². The van der Waals surface area contributed by atoms with E-state index in [2.05, 4.69) is 36.3 Å². The number of thiophene rings is 1. The van der Waals surface area contributed by atoms with Crippen LogP contribution >= 0.6 is 23.1 Å². The maximum absolute atomic E-state index is 12.3. The normalized spacial score (nSPS) is 12.3. The molecule has 1 amide bonds. The average Bonchev–Trinajstić information content (AvgIpc) is 3.07. The molecule has 1 atom stereocenters. The van der Waals surface area contributed by atoms with Crippen LogP contribution in [0.15, 0.2) is 39.6 Å². The first-order valence-corrected chi connectivity index (χ1v) is 10.2. The van der Waals surface area contributed by atoms with Gasteiger partial charge in [0.2, 0.25) is 5.91 Å². The number of hydrogen-bond acceptors (Lipinski definition) is 5. The van der Waals surface area contributed by atoms with E-state index in [9.17, 15) is 9.59 Å². The van der Waals surface area contributed by atoms with Crippen LogP contribution in [-0.4, -0.2) is 21.2 Å². The van der Waals surface area contributed by atoms with E-state index in [1.807, 2.05) is 18.4 Å². The number of carbonyl (C=O) groups excluding carboxylic acids is 1. The van der Waals surface area contributed by atoms with Gasteiger partial charge in [0.25, 0.3) is 5.56 Å². The Kier molecular flexibility index (Phi) is 5.48. The third kappa shape index (κ3) is 3.83. The molecular formula is C19H21N3O2S2. The molecule has 2 aromatic heterocycles. The lowest BCUT2D eigenvalue weighted by atomic mass is 10.0. The second-order valence-electron chi connectivity index (χ2n) is 6.32. The van der Waals surface area contributed by atoms with E-state index in [-0.39, 0.29) is 23.3 Å². The summed E-state index contributed by atoms with van der Waals surface area (Å²) < 4.78 is 1.50. The van der Waals surface area contributed by atoms with E-state index in [1.54, 1.807) is 13.1 Å². The molecule has 0 aliphatic heterocycles. The Bertz CT molecular complexity index is 1020. The van der Waals surface area contributed by atoms with Crippen LogP contribution in [0.4, 0.5) is 0 Å². The van der Waals surface area contributed by atoms with Crippen LogP contribution in [-0.2, 0) is 11.8 Å². The van der Waals surface area contributed by atoms with Gasteiger partial charge in [0, 0.05) is 7.05 Å². The van der Waals surface area contributed by atoms with Gasteiger partial charge in [-0.15, -0.1) is 11.3 Å². The lowest BCUT2D eigenvalue weighted by Gasteiger charge is -2.16. The first kappa shape index (κ1) is 18.7. The summed E-state index contributed by atoms with van der Waals surface area (Å²) in [5.41, 5.74) is 3.44. The molecule has 0 fully saturated rings. The Balaban J connectivity index is 1.66. The number of fused-ring (bicyclic) bond motifs is 1. The maximum atomic E-state index is 12.3. The van der Waals surface area contributed by atoms with Crippen LogP contribution < -0.4 is 10.9 Å². The number of benzene rings is 1. The first-order valence-electron chi connectivity index (χ1n) is 8.30. The molecule has 0 spiro atoms. The molecule has 7 heteroatoms. The molecule has 0 saturated heterocycles. The van der Waals surface area contributed by atoms with Gasteiger partial charge in [0.05, 0.1) is 17.2 Å². The number of rotatable bonds is 5. The fourth-order valence-electron chi connectivity index (χ4n) is 2.64. The highest BCUT2D eigenvalue weighted by Crippen LogP contribution is 2.21. The highest BCUT2D eigenvalue weighted by Gasteiger charge is 2.14. The summed E-state index contributed by atoms with van der Waals surface area (Å²) >= 11 is 2.71. The average molecular weight is 388 g/mol. The highest BCUT2D eigenvalue weighted by molar-refractivity contribution is 7.99. The van der Waals surface area contributed by atoms with Gasteiger partial charge in [-0.1, -0.05) is 30.0 Å².